The highest BCUT2D eigenvalue weighted by atomic mass is 16.2. The summed E-state index contributed by atoms with van der Waals surface area (Å²) in [5.74, 6) is -0.221. The molecule has 2 amide bonds. The van der Waals surface area contributed by atoms with Gasteiger partial charge in [-0.05, 0) is 39.2 Å². The fourth-order valence-electron chi connectivity index (χ4n) is 2.57. The SMILES string of the molecule is CN(C)CCCN1CC(C(=O)NCc2ccccn2)CC1=O. The number of amides is 2. The van der Waals surface area contributed by atoms with Crippen LogP contribution >= 0.6 is 0 Å². The lowest BCUT2D eigenvalue weighted by molar-refractivity contribution is -0.129. The third-order valence-corrected chi connectivity index (χ3v) is 3.79. The standard InChI is InChI=1S/C16H24N4O2/c1-19(2)8-5-9-20-12-13(10-15(20)21)16(22)18-11-14-6-3-4-7-17-14/h3-4,6-7,13H,5,8-12H2,1-2H3,(H,18,22). The van der Waals surface area contributed by atoms with Gasteiger partial charge in [-0.1, -0.05) is 6.07 Å². The molecule has 1 atom stereocenters. The van der Waals surface area contributed by atoms with E-state index < -0.39 is 0 Å². The fourth-order valence-corrected chi connectivity index (χ4v) is 2.57. The van der Waals surface area contributed by atoms with Gasteiger partial charge in [0.2, 0.25) is 11.8 Å². The molecule has 1 N–H and O–H groups in total. The van der Waals surface area contributed by atoms with Crippen LogP contribution in [0, 0.1) is 5.92 Å². The van der Waals surface area contributed by atoms with Crippen molar-refractivity contribution in [2.45, 2.75) is 19.4 Å². The predicted octanol–water partition coefficient (Wildman–Crippen LogP) is 0.498. The topological polar surface area (TPSA) is 65.5 Å². The van der Waals surface area contributed by atoms with E-state index in [0.717, 1.165) is 25.2 Å². The van der Waals surface area contributed by atoms with E-state index in [9.17, 15) is 9.59 Å². The molecule has 1 saturated heterocycles. The molecule has 2 rings (SSSR count). The van der Waals surface area contributed by atoms with Crippen LogP contribution in [0.25, 0.3) is 0 Å². The lowest BCUT2D eigenvalue weighted by Gasteiger charge is -2.18. The molecule has 1 aliphatic rings. The van der Waals surface area contributed by atoms with Crippen LogP contribution in [-0.4, -0.2) is 60.3 Å². The van der Waals surface area contributed by atoms with E-state index in [-0.39, 0.29) is 17.7 Å². The largest absolute Gasteiger partial charge is 0.350 e. The third kappa shape index (κ3) is 4.80. The Labute approximate surface area is 131 Å². The molecule has 6 heteroatoms. The maximum absolute atomic E-state index is 12.2. The molecule has 0 saturated carbocycles. The Hall–Kier alpha value is -1.95. The lowest BCUT2D eigenvalue weighted by atomic mass is 10.1. The number of likely N-dealkylation sites (tertiary alicyclic amines) is 1. The summed E-state index contributed by atoms with van der Waals surface area (Å²) in [5.41, 5.74) is 0.822. The van der Waals surface area contributed by atoms with Gasteiger partial charge in [0.05, 0.1) is 18.2 Å². The summed E-state index contributed by atoms with van der Waals surface area (Å²) >= 11 is 0. The highest BCUT2D eigenvalue weighted by molar-refractivity contribution is 5.89. The molecular formula is C16H24N4O2. The number of pyridine rings is 1. The normalized spacial score (nSPS) is 18.0. The summed E-state index contributed by atoms with van der Waals surface area (Å²) in [6.45, 7) is 2.60. The molecule has 0 radical (unpaired) electrons. The zero-order valence-electron chi connectivity index (χ0n) is 13.3. The van der Waals surface area contributed by atoms with Gasteiger partial charge < -0.3 is 15.1 Å². The molecule has 1 aromatic heterocycles. The first-order chi connectivity index (χ1) is 10.6. The summed E-state index contributed by atoms with van der Waals surface area (Å²) in [7, 11) is 4.03. The van der Waals surface area contributed by atoms with Crippen molar-refractivity contribution in [2.75, 3.05) is 33.7 Å². The van der Waals surface area contributed by atoms with Gasteiger partial charge >= 0.3 is 0 Å². The smallest absolute Gasteiger partial charge is 0.225 e. The van der Waals surface area contributed by atoms with Crippen LogP contribution < -0.4 is 5.32 Å². The predicted molar refractivity (Wildman–Crippen MR) is 83.9 cm³/mol. The van der Waals surface area contributed by atoms with E-state index in [1.165, 1.54) is 0 Å². The Morgan fingerprint density at radius 3 is 2.95 bits per heavy atom. The molecule has 0 spiro atoms. The van der Waals surface area contributed by atoms with Crippen LogP contribution in [0.15, 0.2) is 24.4 Å². The van der Waals surface area contributed by atoms with Crippen LogP contribution in [0.3, 0.4) is 0 Å². The zero-order chi connectivity index (χ0) is 15.9. The Bertz CT molecular complexity index is 504. The van der Waals surface area contributed by atoms with Gasteiger partial charge in [-0.2, -0.15) is 0 Å². The second-order valence-corrected chi connectivity index (χ2v) is 5.94. The van der Waals surface area contributed by atoms with Crippen molar-refractivity contribution in [3.05, 3.63) is 30.1 Å². The molecule has 2 heterocycles. The average Bonchev–Trinajstić information content (AvgIpc) is 2.87. The molecular weight excluding hydrogens is 280 g/mol. The highest BCUT2D eigenvalue weighted by Crippen LogP contribution is 2.18. The minimum absolute atomic E-state index is 0.0610. The van der Waals surface area contributed by atoms with Gasteiger partial charge in [-0.15, -0.1) is 0 Å². The highest BCUT2D eigenvalue weighted by Gasteiger charge is 2.33. The van der Waals surface area contributed by atoms with Gasteiger partial charge in [-0.25, -0.2) is 0 Å². The van der Waals surface area contributed by atoms with Crippen molar-refractivity contribution < 1.29 is 9.59 Å². The van der Waals surface area contributed by atoms with Gasteiger partial charge in [0.15, 0.2) is 0 Å². The third-order valence-electron chi connectivity index (χ3n) is 3.79. The summed E-state index contributed by atoms with van der Waals surface area (Å²) in [4.78, 5) is 32.2. The molecule has 1 aromatic rings. The number of rotatable bonds is 7. The van der Waals surface area contributed by atoms with Gasteiger partial charge in [0.1, 0.15) is 0 Å². The molecule has 0 bridgehead atoms. The summed E-state index contributed by atoms with van der Waals surface area (Å²) < 4.78 is 0. The maximum Gasteiger partial charge on any atom is 0.225 e. The number of aromatic nitrogens is 1. The number of hydrogen-bond acceptors (Lipinski definition) is 4. The van der Waals surface area contributed by atoms with E-state index in [2.05, 4.69) is 15.2 Å². The molecule has 1 aliphatic heterocycles. The molecule has 0 aliphatic carbocycles. The van der Waals surface area contributed by atoms with E-state index in [4.69, 9.17) is 0 Å². The number of carbonyl (C=O) groups is 2. The molecule has 6 nitrogen and oxygen atoms in total. The minimum atomic E-state index is -0.240. The first-order valence-electron chi connectivity index (χ1n) is 7.66. The van der Waals surface area contributed by atoms with E-state index in [0.29, 0.717) is 19.5 Å². The van der Waals surface area contributed by atoms with Crippen molar-refractivity contribution in [3.63, 3.8) is 0 Å². The second-order valence-electron chi connectivity index (χ2n) is 5.94. The van der Waals surface area contributed by atoms with Gasteiger partial charge in [-0.3, -0.25) is 14.6 Å². The Balaban J connectivity index is 1.76. The fraction of sp³-hybridized carbons (Fsp3) is 0.562. The van der Waals surface area contributed by atoms with Crippen molar-refractivity contribution in [2.24, 2.45) is 5.92 Å². The van der Waals surface area contributed by atoms with Crippen LogP contribution in [0.5, 0.6) is 0 Å². The first-order valence-corrected chi connectivity index (χ1v) is 7.66. The number of nitrogens with zero attached hydrogens (tertiary/aromatic N) is 3. The Morgan fingerprint density at radius 2 is 2.27 bits per heavy atom. The lowest BCUT2D eigenvalue weighted by Crippen LogP contribution is -2.33. The number of nitrogens with one attached hydrogen (secondary N) is 1. The molecule has 0 aromatic carbocycles. The van der Waals surface area contributed by atoms with Crippen molar-refractivity contribution in [1.82, 2.24) is 20.1 Å². The van der Waals surface area contributed by atoms with Crippen LogP contribution in [0.2, 0.25) is 0 Å². The Morgan fingerprint density at radius 1 is 1.45 bits per heavy atom. The van der Waals surface area contributed by atoms with Crippen LogP contribution in [0.1, 0.15) is 18.5 Å². The summed E-state index contributed by atoms with van der Waals surface area (Å²) in [6, 6.07) is 5.60. The number of hydrogen-bond donors (Lipinski definition) is 1. The first kappa shape index (κ1) is 16.4. The van der Waals surface area contributed by atoms with E-state index in [1.807, 2.05) is 32.3 Å². The minimum Gasteiger partial charge on any atom is -0.350 e. The molecule has 1 unspecified atom stereocenters. The van der Waals surface area contributed by atoms with E-state index in [1.54, 1.807) is 11.1 Å². The van der Waals surface area contributed by atoms with Crippen LogP contribution in [-0.2, 0) is 16.1 Å². The molecule has 1 fully saturated rings. The van der Waals surface area contributed by atoms with Crippen LogP contribution in [0.4, 0.5) is 0 Å². The van der Waals surface area contributed by atoms with Gasteiger partial charge in [0.25, 0.3) is 0 Å². The van der Waals surface area contributed by atoms with Crippen molar-refractivity contribution in [1.29, 1.82) is 0 Å². The average molecular weight is 304 g/mol. The summed E-state index contributed by atoms with van der Waals surface area (Å²) in [6.07, 6.45) is 2.95. The van der Waals surface area contributed by atoms with Crippen molar-refractivity contribution in [3.8, 4) is 0 Å². The monoisotopic (exact) mass is 304 g/mol. The molecule has 120 valence electrons. The quantitative estimate of drug-likeness (QED) is 0.796. The van der Waals surface area contributed by atoms with Crippen molar-refractivity contribution >= 4 is 11.8 Å². The second kappa shape index (κ2) is 7.89. The molecule has 22 heavy (non-hydrogen) atoms. The maximum atomic E-state index is 12.2. The van der Waals surface area contributed by atoms with E-state index >= 15 is 0 Å². The Kier molecular flexibility index (Phi) is 5.89. The zero-order valence-corrected chi connectivity index (χ0v) is 13.3. The number of carbonyl (C=O) groups excluding carboxylic acids is 2. The summed E-state index contributed by atoms with van der Waals surface area (Å²) in [5, 5.41) is 2.87. The van der Waals surface area contributed by atoms with Gasteiger partial charge in [0, 0.05) is 25.7 Å².